The van der Waals surface area contributed by atoms with Gasteiger partial charge >= 0.3 is 12.6 Å². The van der Waals surface area contributed by atoms with Crippen LogP contribution in [0.5, 0.6) is 11.5 Å². The zero-order chi connectivity index (χ0) is 22.5. The summed E-state index contributed by atoms with van der Waals surface area (Å²) in [5.74, 6) is 0.136. The van der Waals surface area contributed by atoms with Gasteiger partial charge in [-0.05, 0) is 17.7 Å². The maximum absolute atomic E-state index is 12.6. The second-order valence-electron chi connectivity index (χ2n) is 6.42. The molecule has 1 aliphatic heterocycles. The predicted molar refractivity (Wildman–Crippen MR) is 112 cm³/mol. The third-order valence-electron chi connectivity index (χ3n) is 4.41. The number of benzene rings is 1. The quantitative estimate of drug-likeness (QED) is 0.340. The zero-order valence-electron chi connectivity index (χ0n) is 16.1. The van der Waals surface area contributed by atoms with Crippen molar-refractivity contribution < 1.29 is 32.5 Å². The van der Waals surface area contributed by atoms with Gasteiger partial charge in [0.25, 0.3) is 0 Å². The fourth-order valence-electron chi connectivity index (χ4n) is 3.00. The summed E-state index contributed by atoms with van der Waals surface area (Å²) in [5, 5.41) is 14.2. The second kappa shape index (κ2) is 10.5. The molecule has 0 radical (unpaired) electrons. The number of carbonyl (C=O) groups is 1. The molecule has 31 heavy (non-hydrogen) atoms. The van der Waals surface area contributed by atoms with Gasteiger partial charge in [0.2, 0.25) is 0 Å². The van der Waals surface area contributed by atoms with E-state index >= 15 is 0 Å². The monoisotopic (exact) mass is 494 g/mol. The average molecular weight is 495 g/mol. The molecule has 168 valence electrons. The van der Waals surface area contributed by atoms with Crippen LogP contribution in [0, 0.1) is 5.21 Å². The molecule has 2 atom stereocenters. The summed E-state index contributed by atoms with van der Waals surface area (Å²) >= 11 is 13.8. The minimum atomic E-state index is -3.03. The average Bonchev–Trinajstić information content (AvgIpc) is 3.24. The van der Waals surface area contributed by atoms with Gasteiger partial charge in [-0.1, -0.05) is 29.3 Å². The third kappa shape index (κ3) is 6.03. The molecule has 1 aromatic heterocycles. The Bertz CT molecular complexity index is 925. The summed E-state index contributed by atoms with van der Waals surface area (Å²) in [5.41, 5.74) is 0.841. The maximum Gasteiger partial charge on any atom is 0.387 e. The minimum Gasteiger partial charge on any atom is -0.619 e. The number of ether oxygens (including phenoxy) is 3. The van der Waals surface area contributed by atoms with Gasteiger partial charge in [-0.3, -0.25) is 5.32 Å². The maximum atomic E-state index is 12.6. The first-order chi connectivity index (χ1) is 14.8. The SMILES string of the molecule is COc1cc([C@H](Cc2c(Cl)c[n+]([O-])cc2Cl)OC(=O)[C@H]2NCCS2)ccc1OC(F)F. The van der Waals surface area contributed by atoms with E-state index in [0.29, 0.717) is 22.4 Å². The van der Waals surface area contributed by atoms with E-state index in [-0.39, 0.29) is 28.0 Å². The fourth-order valence-corrected chi connectivity index (χ4v) is 4.49. The number of esters is 1. The number of nitrogens with zero attached hydrogens (tertiary/aromatic N) is 1. The van der Waals surface area contributed by atoms with Gasteiger partial charge in [-0.25, -0.2) is 4.79 Å². The van der Waals surface area contributed by atoms with E-state index in [4.69, 9.17) is 32.7 Å². The first-order valence-electron chi connectivity index (χ1n) is 9.03. The van der Waals surface area contributed by atoms with E-state index in [0.717, 1.165) is 18.1 Å². The van der Waals surface area contributed by atoms with Crippen molar-refractivity contribution in [2.75, 3.05) is 19.4 Å². The molecular formula is C19H18Cl2F2N2O5S. The Morgan fingerprint density at radius 1 is 1.32 bits per heavy atom. The van der Waals surface area contributed by atoms with Crippen LogP contribution < -0.4 is 19.5 Å². The molecule has 3 rings (SSSR count). The Morgan fingerprint density at radius 2 is 2.03 bits per heavy atom. The third-order valence-corrected chi connectivity index (χ3v) is 6.20. The molecule has 1 fully saturated rings. The number of halogens is 4. The molecule has 2 aromatic rings. The van der Waals surface area contributed by atoms with Crippen molar-refractivity contribution in [1.29, 1.82) is 0 Å². The normalized spacial score (nSPS) is 16.9. The van der Waals surface area contributed by atoms with Crippen LogP contribution in [0.4, 0.5) is 8.78 Å². The lowest BCUT2D eigenvalue weighted by atomic mass is 10.0. The highest BCUT2D eigenvalue weighted by Crippen LogP contribution is 2.36. The molecule has 0 bridgehead atoms. The lowest BCUT2D eigenvalue weighted by Gasteiger charge is -2.22. The van der Waals surface area contributed by atoms with Gasteiger partial charge in [0.1, 0.15) is 16.1 Å². The number of hydrogen-bond donors (Lipinski definition) is 1. The first-order valence-corrected chi connectivity index (χ1v) is 10.8. The molecule has 0 aliphatic carbocycles. The number of aromatic nitrogens is 1. The Hall–Kier alpha value is -2.01. The molecule has 2 heterocycles. The molecule has 0 amide bonds. The number of carbonyl (C=O) groups excluding carboxylic acids is 1. The summed E-state index contributed by atoms with van der Waals surface area (Å²) in [6, 6.07) is 4.21. The van der Waals surface area contributed by atoms with Crippen molar-refractivity contribution in [3.8, 4) is 11.5 Å². The first kappa shape index (κ1) is 23.6. The molecular weight excluding hydrogens is 477 g/mol. The van der Waals surface area contributed by atoms with Crippen molar-refractivity contribution >= 4 is 40.9 Å². The topological polar surface area (TPSA) is 83.7 Å². The Morgan fingerprint density at radius 3 is 2.61 bits per heavy atom. The van der Waals surface area contributed by atoms with Crippen LogP contribution in [0.15, 0.2) is 30.6 Å². The van der Waals surface area contributed by atoms with Crippen LogP contribution in [-0.2, 0) is 16.0 Å². The van der Waals surface area contributed by atoms with Gasteiger partial charge < -0.3 is 19.4 Å². The molecule has 1 saturated heterocycles. The molecule has 0 saturated carbocycles. The van der Waals surface area contributed by atoms with Gasteiger partial charge in [0, 0.05) is 24.3 Å². The van der Waals surface area contributed by atoms with E-state index in [2.05, 4.69) is 10.1 Å². The summed E-state index contributed by atoms with van der Waals surface area (Å²) in [6.07, 6.45) is 1.43. The molecule has 0 spiro atoms. The summed E-state index contributed by atoms with van der Waals surface area (Å²) < 4.78 is 41.0. The highest BCUT2D eigenvalue weighted by atomic mass is 35.5. The van der Waals surface area contributed by atoms with Gasteiger partial charge in [-0.15, -0.1) is 11.8 Å². The largest absolute Gasteiger partial charge is 0.619 e. The molecule has 7 nitrogen and oxygen atoms in total. The standard InChI is InChI=1S/C19H18Cl2F2N2O5S/c1-28-16-6-10(2-3-14(16)30-19(22)23)15(29-18(26)17-24-4-5-31-17)7-11-12(20)8-25(27)9-13(11)21/h2-3,6,8-9,15,17,19,24H,4-5,7H2,1H3/t15-,17-/m0/s1. The van der Waals surface area contributed by atoms with Gasteiger partial charge in [0.15, 0.2) is 29.3 Å². The Kier molecular flexibility index (Phi) is 8.04. The second-order valence-corrected chi connectivity index (χ2v) is 8.44. The summed E-state index contributed by atoms with van der Waals surface area (Å²) in [6.45, 7) is -2.36. The van der Waals surface area contributed by atoms with E-state index in [1.54, 1.807) is 0 Å². The van der Waals surface area contributed by atoms with Crippen molar-refractivity contribution in [3.63, 3.8) is 0 Å². The fraction of sp³-hybridized carbons (Fsp3) is 0.368. The minimum absolute atomic E-state index is 0.0369. The van der Waals surface area contributed by atoms with Gasteiger partial charge in [-0.2, -0.15) is 13.5 Å². The van der Waals surface area contributed by atoms with Crippen LogP contribution >= 0.6 is 35.0 Å². The Labute approximate surface area is 191 Å². The smallest absolute Gasteiger partial charge is 0.387 e. The van der Waals surface area contributed by atoms with Crippen molar-refractivity contribution in [2.45, 2.75) is 24.5 Å². The number of methoxy groups -OCH3 is 1. The van der Waals surface area contributed by atoms with Crippen LogP contribution in [0.25, 0.3) is 0 Å². The number of pyridine rings is 1. The van der Waals surface area contributed by atoms with Crippen molar-refractivity contribution in [2.24, 2.45) is 0 Å². The number of hydrogen-bond acceptors (Lipinski definition) is 7. The van der Waals surface area contributed by atoms with Crippen LogP contribution in [0.2, 0.25) is 10.0 Å². The van der Waals surface area contributed by atoms with E-state index in [1.165, 1.54) is 37.1 Å². The number of alkyl halides is 2. The highest BCUT2D eigenvalue weighted by Gasteiger charge is 2.29. The summed E-state index contributed by atoms with van der Waals surface area (Å²) in [4.78, 5) is 12.6. The molecule has 0 unspecified atom stereocenters. The predicted octanol–water partition coefficient (Wildman–Crippen LogP) is 3.73. The van der Waals surface area contributed by atoms with Crippen molar-refractivity contribution in [3.05, 3.63) is 57.0 Å². The number of thioether (sulfide) groups is 1. The van der Waals surface area contributed by atoms with Crippen LogP contribution in [-0.4, -0.2) is 37.4 Å². The van der Waals surface area contributed by atoms with Gasteiger partial charge in [0.05, 0.1) is 7.11 Å². The lowest BCUT2D eigenvalue weighted by molar-refractivity contribution is -0.605. The van der Waals surface area contributed by atoms with Crippen molar-refractivity contribution in [1.82, 2.24) is 5.32 Å². The Balaban J connectivity index is 1.94. The van der Waals surface area contributed by atoms with Crippen LogP contribution in [0.3, 0.4) is 0 Å². The molecule has 1 aromatic carbocycles. The lowest BCUT2D eigenvalue weighted by Crippen LogP contribution is -2.32. The highest BCUT2D eigenvalue weighted by molar-refractivity contribution is 8.00. The number of rotatable bonds is 8. The van der Waals surface area contributed by atoms with Crippen LogP contribution in [0.1, 0.15) is 17.2 Å². The molecule has 1 aliphatic rings. The molecule has 1 N–H and O–H groups in total. The van der Waals surface area contributed by atoms with E-state index < -0.39 is 24.1 Å². The zero-order valence-corrected chi connectivity index (χ0v) is 18.5. The molecule has 12 heteroatoms. The van der Waals surface area contributed by atoms with E-state index in [1.807, 2.05) is 0 Å². The number of nitrogens with one attached hydrogen (secondary N) is 1. The summed E-state index contributed by atoms with van der Waals surface area (Å²) in [7, 11) is 1.30. The van der Waals surface area contributed by atoms with E-state index in [9.17, 15) is 18.8 Å².